The summed E-state index contributed by atoms with van der Waals surface area (Å²) in [7, 11) is -3.77. The van der Waals surface area contributed by atoms with E-state index in [1.165, 1.54) is 13.3 Å². The minimum absolute atomic E-state index is 0.284. The lowest BCUT2D eigenvalue weighted by atomic mass is 10.3. The molecule has 2 unspecified atom stereocenters. The van der Waals surface area contributed by atoms with Gasteiger partial charge < -0.3 is 24.3 Å². The van der Waals surface area contributed by atoms with Crippen molar-refractivity contribution in [1.29, 1.82) is 0 Å². The molecule has 2 N–H and O–H groups in total. The molecule has 3 rings (SSSR count). The second-order valence-corrected chi connectivity index (χ2v) is 8.25. The molecular weight excluding hydrogens is 413 g/mol. The van der Waals surface area contributed by atoms with E-state index < -0.39 is 26.5 Å². The first-order valence-electron chi connectivity index (χ1n) is 9.01. The molecule has 0 amide bonds. The number of ether oxygens (including phenoxy) is 2. The molecule has 11 nitrogen and oxygen atoms in total. The van der Waals surface area contributed by atoms with Gasteiger partial charge in [0.15, 0.2) is 17.8 Å². The van der Waals surface area contributed by atoms with Crippen LogP contribution in [0.4, 0.5) is 5.82 Å². The maximum Gasteiger partial charge on any atom is 0.407 e. The van der Waals surface area contributed by atoms with Gasteiger partial charge in [0.25, 0.3) is 0 Å². The molecule has 2 heterocycles. The number of nitrogens with zero attached hydrogens (tertiary/aromatic N) is 4. The van der Waals surface area contributed by atoms with Crippen molar-refractivity contribution in [2.75, 3.05) is 18.9 Å². The number of carbonyl (C=O) groups excluding carboxylic acids is 1. The van der Waals surface area contributed by atoms with Crippen LogP contribution in [0, 0.1) is 0 Å². The van der Waals surface area contributed by atoms with Gasteiger partial charge in [0, 0.05) is 6.92 Å². The Morgan fingerprint density at radius 2 is 2.00 bits per heavy atom. The van der Waals surface area contributed by atoms with Crippen LogP contribution in [0.25, 0.3) is 11.2 Å². The van der Waals surface area contributed by atoms with Crippen LogP contribution in [0.2, 0.25) is 0 Å². The summed E-state index contributed by atoms with van der Waals surface area (Å²) in [6.45, 7) is 2.85. The number of carbonyl (C=O) groups is 1. The van der Waals surface area contributed by atoms with E-state index in [1.807, 2.05) is 0 Å². The molecular formula is C18H22N5O6P. The van der Waals surface area contributed by atoms with Crippen molar-refractivity contribution in [3.8, 4) is 5.75 Å². The van der Waals surface area contributed by atoms with Crippen LogP contribution in [-0.4, -0.2) is 44.7 Å². The molecule has 3 aromatic rings. The van der Waals surface area contributed by atoms with E-state index in [9.17, 15) is 9.36 Å². The highest BCUT2D eigenvalue weighted by molar-refractivity contribution is 7.54. The molecule has 2 aromatic heterocycles. The number of nitrogens with two attached hydrogens (primary N) is 1. The smallest absolute Gasteiger partial charge is 0.407 e. The first-order chi connectivity index (χ1) is 14.4. The minimum Gasteiger partial charge on any atom is -0.438 e. The maximum atomic E-state index is 13.1. The van der Waals surface area contributed by atoms with Gasteiger partial charge in [-0.05, 0) is 19.1 Å². The summed E-state index contributed by atoms with van der Waals surface area (Å²) < 4.78 is 36.0. The van der Waals surface area contributed by atoms with Gasteiger partial charge in [0.1, 0.15) is 17.6 Å². The standard InChI is InChI=1S/C18H22N5O6P/c1-13(8-23-10-22-16-17(19)20-9-21-18(16)23)27-12-30(25,28-11-26-14(2)24)29-15-6-4-3-5-7-15/h3-7,9-10,13H,8,11-12H2,1-2H3,(H2,19,20,21). The van der Waals surface area contributed by atoms with Crippen molar-refractivity contribution in [3.63, 3.8) is 0 Å². The summed E-state index contributed by atoms with van der Waals surface area (Å²) >= 11 is 0. The van der Waals surface area contributed by atoms with Gasteiger partial charge in [-0.25, -0.2) is 19.5 Å². The van der Waals surface area contributed by atoms with E-state index in [1.54, 1.807) is 48.1 Å². The van der Waals surface area contributed by atoms with Crippen molar-refractivity contribution in [2.45, 2.75) is 26.5 Å². The van der Waals surface area contributed by atoms with E-state index in [-0.39, 0.29) is 12.2 Å². The first-order valence-corrected chi connectivity index (χ1v) is 10.7. The molecule has 2 atom stereocenters. The van der Waals surface area contributed by atoms with Crippen LogP contribution < -0.4 is 10.3 Å². The molecule has 0 aliphatic rings. The fraction of sp³-hybridized carbons (Fsp3) is 0.333. The lowest BCUT2D eigenvalue weighted by Crippen LogP contribution is -2.19. The first kappa shape index (κ1) is 21.7. The zero-order valence-electron chi connectivity index (χ0n) is 16.5. The third-order valence-electron chi connectivity index (χ3n) is 3.90. The average Bonchev–Trinajstić information content (AvgIpc) is 3.11. The molecule has 0 spiro atoms. The highest BCUT2D eigenvalue weighted by Crippen LogP contribution is 2.48. The number of esters is 1. The third kappa shape index (κ3) is 5.76. The van der Waals surface area contributed by atoms with Crippen LogP contribution in [0.5, 0.6) is 5.75 Å². The number of fused-ring (bicyclic) bond motifs is 1. The molecule has 12 heteroatoms. The molecule has 0 aliphatic heterocycles. The highest BCUT2D eigenvalue weighted by atomic mass is 31.2. The van der Waals surface area contributed by atoms with Crippen LogP contribution in [-0.2, 0) is 29.9 Å². The van der Waals surface area contributed by atoms with Gasteiger partial charge in [0.2, 0.25) is 6.79 Å². The molecule has 30 heavy (non-hydrogen) atoms. The van der Waals surface area contributed by atoms with Gasteiger partial charge in [-0.1, -0.05) is 18.2 Å². The summed E-state index contributed by atoms with van der Waals surface area (Å²) in [6, 6.07) is 8.52. The Hall–Kier alpha value is -3.01. The molecule has 0 radical (unpaired) electrons. The Morgan fingerprint density at radius 3 is 2.73 bits per heavy atom. The Labute approximate surface area is 172 Å². The number of imidazole rings is 1. The Morgan fingerprint density at radius 1 is 1.23 bits per heavy atom. The predicted octanol–water partition coefficient (Wildman–Crippen LogP) is 2.58. The normalized spacial score (nSPS) is 14.2. The molecule has 0 saturated carbocycles. The van der Waals surface area contributed by atoms with Crippen LogP contribution in [0.3, 0.4) is 0 Å². The third-order valence-corrected chi connectivity index (χ3v) is 5.35. The lowest BCUT2D eigenvalue weighted by molar-refractivity contribution is -0.147. The number of nitrogen functional groups attached to an aromatic ring is 1. The number of para-hydroxylation sites is 1. The van der Waals surface area contributed by atoms with Crippen molar-refractivity contribution in [2.24, 2.45) is 0 Å². The fourth-order valence-electron chi connectivity index (χ4n) is 2.50. The summed E-state index contributed by atoms with van der Waals surface area (Å²) in [6.07, 6.45) is 2.18. The lowest BCUT2D eigenvalue weighted by Gasteiger charge is -2.21. The number of rotatable bonds is 10. The zero-order valence-corrected chi connectivity index (χ0v) is 17.4. The molecule has 0 fully saturated rings. The average molecular weight is 435 g/mol. The summed E-state index contributed by atoms with van der Waals surface area (Å²) in [4.78, 5) is 23.2. The fourth-order valence-corrected chi connectivity index (χ4v) is 3.78. The summed E-state index contributed by atoms with van der Waals surface area (Å²) in [5, 5.41) is 0. The summed E-state index contributed by atoms with van der Waals surface area (Å²) in [5.74, 6) is 0.0587. The van der Waals surface area contributed by atoms with E-state index in [2.05, 4.69) is 15.0 Å². The van der Waals surface area contributed by atoms with Crippen LogP contribution in [0.1, 0.15) is 13.8 Å². The number of aromatic nitrogens is 4. The summed E-state index contributed by atoms with van der Waals surface area (Å²) in [5.41, 5.74) is 6.85. The Kier molecular flexibility index (Phi) is 6.99. The van der Waals surface area contributed by atoms with Gasteiger partial charge in [0.05, 0.1) is 19.0 Å². The number of benzene rings is 1. The second-order valence-electron chi connectivity index (χ2n) is 6.33. The molecule has 1 aromatic carbocycles. The van der Waals surface area contributed by atoms with E-state index in [0.717, 1.165) is 0 Å². The zero-order chi connectivity index (χ0) is 21.6. The maximum absolute atomic E-state index is 13.1. The molecule has 0 bridgehead atoms. The van der Waals surface area contributed by atoms with Crippen molar-refractivity contribution < 1.29 is 27.9 Å². The SMILES string of the molecule is CC(=O)OCOP(=O)(COC(C)Cn1cnc2c(N)ncnc21)Oc1ccccc1. The molecule has 0 aliphatic carbocycles. The van der Waals surface area contributed by atoms with Gasteiger partial charge in [-0.15, -0.1) is 0 Å². The Bertz CT molecular complexity index is 1040. The number of hydrogen-bond donors (Lipinski definition) is 1. The second kappa shape index (κ2) is 9.66. The minimum atomic E-state index is -3.77. The van der Waals surface area contributed by atoms with Gasteiger partial charge in [-0.2, -0.15) is 0 Å². The van der Waals surface area contributed by atoms with Crippen LogP contribution >= 0.6 is 7.60 Å². The molecule has 160 valence electrons. The largest absolute Gasteiger partial charge is 0.438 e. The highest BCUT2D eigenvalue weighted by Gasteiger charge is 2.29. The Balaban J connectivity index is 1.65. The van der Waals surface area contributed by atoms with Gasteiger partial charge >= 0.3 is 13.6 Å². The van der Waals surface area contributed by atoms with E-state index in [0.29, 0.717) is 23.5 Å². The monoisotopic (exact) mass is 435 g/mol. The number of anilines is 1. The quantitative estimate of drug-likeness (QED) is 0.287. The van der Waals surface area contributed by atoms with Crippen molar-refractivity contribution in [1.82, 2.24) is 19.5 Å². The van der Waals surface area contributed by atoms with Crippen molar-refractivity contribution >= 4 is 30.5 Å². The van der Waals surface area contributed by atoms with Gasteiger partial charge in [-0.3, -0.25) is 9.32 Å². The molecule has 0 saturated heterocycles. The number of hydrogen-bond acceptors (Lipinski definition) is 10. The van der Waals surface area contributed by atoms with Crippen LogP contribution in [0.15, 0.2) is 43.0 Å². The topological polar surface area (TPSA) is 141 Å². The van der Waals surface area contributed by atoms with E-state index >= 15 is 0 Å². The van der Waals surface area contributed by atoms with E-state index in [4.69, 9.17) is 24.3 Å². The van der Waals surface area contributed by atoms with Crippen molar-refractivity contribution in [3.05, 3.63) is 43.0 Å². The predicted molar refractivity (Wildman–Crippen MR) is 108 cm³/mol.